The minimum Gasteiger partial charge on any atom is -0.483 e. The molecule has 0 aliphatic rings. The third kappa shape index (κ3) is 5.28. The smallest absolute Gasteiger partial charge is 0.258 e. The lowest BCUT2D eigenvalue weighted by molar-refractivity contribution is -0.123. The average Bonchev–Trinajstić information content (AvgIpc) is 2.37. The molecule has 0 radical (unpaired) electrons. The van der Waals surface area contributed by atoms with E-state index >= 15 is 0 Å². The predicted molar refractivity (Wildman–Crippen MR) is 74.2 cm³/mol. The third-order valence-corrected chi connectivity index (χ3v) is 2.64. The fourth-order valence-electron chi connectivity index (χ4n) is 1.64. The van der Waals surface area contributed by atoms with Crippen LogP contribution in [0.2, 0.25) is 0 Å². The number of rotatable bonds is 7. The van der Waals surface area contributed by atoms with Gasteiger partial charge in [0, 0.05) is 25.3 Å². The Bertz CT molecular complexity index is 419. The first-order valence-electron chi connectivity index (χ1n) is 6.29. The van der Waals surface area contributed by atoms with Crippen LogP contribution in [0.5, 0.6) is 5.75 Å². The van der Waals surface area contributed by atoms with Gasteiger partial charge in [-0.3, -0.25) is 4.79 Å². The molecule has 1 atom stereocenters. The van der Waals surface area contributed by atoms with Crippen molar-refractivity contribution in [2.45, 2.75) is 19.9 Å². The van der Waals surface area contributed by atoms with Crippen molar-refractivity contribution in [3.05, 3.63) is 29.3 Å². The number of ether oxygens (including phenoxy) is 2. The first-order chi connectivity index (χ1) is 9.04. The zero-order chi connectivity index (χ0) is 14.3. The summed E-state index contributed by atoms with van der Waals surface area (Å²) in [4.78, 5) is 11.5. The van der Waals surface area contributed by atoms with Crippen molar-refractivity contribution < 1.29 is 14.3 Å². The fraction of sp³-hybridized carbons (Fsp3) is 0.500. The molecular formula is C14H22N2O3. The number of carbonyl (C=O) groups excluding carboxylic acids is 1. The Morgan fingerprint density at radius 1 is 1.47 bits per heavy atom. The van der Waals surface area contributed by atoms with Crippen LogP contribution in [0.3, 0.4) is 0 Å². The highest BCUT2D eigenvalue weighted by atomic mass is 16.5. The zero-order valence-electron chi connectivity index (χ0n) is 11.7. The highest BCUT2D eigenvalue weighted by Gasteiger charge is 2.10. The van der Waals surface area contributed by atoms with Gasteiger partial charge in [0.15, 0.2) is 6.61 Å². The van der Waals surface area contributed by atoms with Gasteiger partial charge in [-0.25, -0.2) is 0 Å². The van der Waals surface area contributed by atoms with E-state index in [4.69, 9.17) is 15.2 Å². The first kappa shape index (κ1) is 15.5. The maximum Gasteiger partial charge on any atom is 0.258 e. The van der Waals surface area contributed by atoms with Crippen LogP contribution in [-0.2, 0) is 9.53 Å². The Balaban J connectivity index is 2.55. The Morgan fingerprint density at radius 3 is 2.84 bits per heavy atom. The van der Waals surface area contributed by atoms with Crippen molar-refractivity contribution in [3.63, 3.8) is 0 Å². The molecule has 0 aliphatic carbocycles. The van der Waals surface area contributed by atoms with Gasteiger partial charge in [0.2, 0.25) is 0 Å². The summed E-state index contributed by atoms with van der Waals surface area (Å²) in [7, 11) is 1.59. The molecule has 0 aromatic heterocycles. The Kier molecular flexibility index (Phi) is 6.32. The second-order valence-corrected chi connectivity index (χ2v) is 4.46. The Morgan fingerprint density at radius 2 is 2.21 bits per heavy atom. The number of amides is 1. The molecule has 0 spiro atoms. The molecule has 0 bridgehead atoms. The number of hydrogen-bond acceptors (Lipinski definition) is 4. The maximum atomic E-state index is 11.5. The standard InChI is InChI=1S/C14H22N2O3/c1-10-4-5-13(12(8-10)11(2)15)19-9-14(17)16-6-7-18-3/h4-5,8,11H,6-7,9,15H2,1-3H3,(H,16,17). The minimum atomic E-state index is -0.173. The van der Waals surface area contributed by atoms with E-state index in [0.717, 1.165) is 11.1 Å². The van der Waals surface area contributed by atoms with Crippen molar-refractivity contribution in [3.8, 4) is 5.75 Å². The molecule has 0 heterocycles. The van der Waals surface area contributed by atoms with Gasteiger partial charge in [-0.1, -0.05) is 17.7 Å². The summed E-state index contributed by atoms with van der Waals surface area (Å²) in [5.41, 5.74) is 7.91. The SMILES string of the molecule is COCCNC(=O)COc1ccc(C)cc1C(C)N. The van der Waals surface area contributed by atoms with Gasteiger partial charge < -0.3 is 20.5 Å². The number of nitrogens with two attached hydrogens (primary N) is 1. The van der Waals surface area contributed by atoms with Crippen LogP contribution in [0.25, 0.3) is 0 Å². The number of benzene rings is 1. The van der Waals surface area contributed by atoms with E-state index in [1.54, 1.807) is 7.11 Å². The monoisotopic (exact) mass is 266 g/mol. The molecule has 1 rings (SSSR count). The van der Waals surface area contributed by atoms with Gasteiger partial charge in [-0.05, 0) is 19.9 Å². The van der Waals surface area contributed by atoms with E-state index in [-0.39, 0.29) is 18.6 Å². The fourth-order valence-corrected chi connectivity index (χ4v) is 1.64. The van der Waals surface area contributed by atoms with Crippen molar-refractivity contribution in [2.24, 2.45) is 5.73 Å². The average molecular weight is 266 g/mol. The lowest BCUT2D eigenvalue weighted by Crippen LogP contribution is -2.31. The quantitative estimate of drug-likeness (QED) is 0.726. The second-order valence-electron chi connectivity index (χ2n) is 4.46. The van der Waals surface area contributed by atoms with E-state index in [0.29, 0.717) is 18.9 Å². The summed E-state index contributed by atoms with van der Waals surface area (Å²) >= 11 is 0. The summed E-state index contributed by atoms with van der Waals surface area (Å²) in [6.45, 7) is 4.83. The molecule has 106 valence electrons. The van der Waals surface area contributed by atoms with Crippen molar-refractivity contribution >= 4 is 5.91 Å². The second kappa shape index (κ2) is 7.76. The highest BCUT2D eigenvalue weighted by Crippen LogP contribution is 2.24. The summed E-state index contributed by atoms with van der Waals surface area (Å²) in [6.07, 6.45) is 0. The van der Waals surface area contributed by atoms with Gasteiger partial charge in [-0.2, -0.15) is 0 Å². The third-order valence-electron chi connectivity index (χ3n) is 2.64. The highest BCUT2D eigenvalue weighted by molar-refractivity contribution is 5.77. The van der Waals surface area contributed by atoms with Crippen LogP contribution in [0.4, 0.5) is 0 Å². The van der Waals surface area contributed by atoms with Gasteiger partial charge in [0.25, 0.3) is 5.91 Å². The van der Waals surface area contributed by atoms with Crippen LogP contribution in [0.1, 0.15) is 24.1 Å². The van der Waals surface area contributed by atoms with Crippen molar-refractivity contribution in [1.82, 2.24) is 5.32 Å². The Labute approximate surface area is 114 Å². The van der Waals surface area contributed by atoms with E-state index < -0.39 is 0 Å². The largest absolute Gasteiger partial charge is 0.483 e. The number of methoxy groups -OCH3 is 1. The number of hydrogen-bond donors (Lipinski definition) is 2. The van der Waals surface area contributed by atoms with Crippen LogP contribution in [0.15, 0.2) is 18.2 Å². The van der Waals surface area contributed by atoms with E-state index in [1.165, 1.54) is 0 Å². The summed E-state index contributed by atoms with van der Waals surface area (Å²) < 4.78 is 10.4. The van der Waals surface area contributed by atoms with E-state index in [2.05, 4.69) is 5.32 Å². The lowest BCUT2D eigenvalue weighted by Gasteiger charge is -2.14. The normalized spacial score (nSPS) is 12.0. The molecule has 3 N–H and O–H groups in total. The molecule has 1 amide bonds. The van der Waals surface area contributed by atoms with Gasteiger partial charge >= 0.3 is 0 Å². The van der Waals surface area contributed by atoms with Gasteiger partial charge in [0.05, 0.1) is 6.61 Å². The van der Waals surface area contributed by atoms with Crippen molar-refractivity contribution in [2.75, 3.05) is 26.9 Å². The minimum absolute atomic E-state index is 0.0213. The first-order valence-corrected chi connectivity index (χ1v) is 6.29. The molecule has 1 aromatic rings. The van der Waals surface area contributed by atoms with E-state index in [9.17, 15) is 4.79 Å². The number of carbonyl (C=O) groups is 1. The summed E-state index contributed by atoms with van der Waals surface area (Å²) in [5.74, 6) is 0.482. The molecular weight excluding hydrogens is 244 g/mol. The number of aryl methyl sites for hydroxylation is 1. The topological polar surface area (TPSA) is 73.6 Å². The molecule has 5 nitrogen and oxygen atoms in total. The van der Waals surface area contributed by atoms with Crippen LogP contribution >= 0.6 is 0 Å². The Hall–Kier alpha value is -1.59. The van der Waals surface area contributed by atoms with Crippen LogP contribution < -0.4 is 15.8 Å². The van der Waals surface area contributed by atoms with Crippen molar-refractivity contribution in [1.29, 1.82) is 0 Å². The molecule has 19 heavy (non-hydrogen) atoms. The molecule has 0 saturated heterocycles. The summed E-state index contributed by atoms with van der Waals surface area (Å²) in [5, 5.41) is 2.69. The molecule has 1 aromatic carbocycles. The maximum absolute atomic E-state index is 11.5. The molecule has 1 unspecified atom stereocenters. The van der Waals surface area contributed by atoms with Gasteiger partial charge in [0.1, 0.15) is 5.75 Å². The molecule has 0 saturated carbocycles. The number of nitrogens with one attached hydrogen (secondary N) is 1. The zero-order valence-corrected chi connectivity index (χ0v) is 11.7. The lowest BCUT2D eigenvalue weighted by atomic mass is 10.1. The predicted octanol–water partition coefficient (Wildman–Crippen LogP) is 1.16. The summed E-state index contributed by atoms with van der Waals surface area (Å²) in [6, 6.07) is 5.62. The molecule has 0 fully saturated rings. The van der Waals surface area contributed by atoms with Crippen LogP contribution in [0, 0.1) is 6.92 Å². The van der Waals surface area contributed by atoms with Crippen LogP contribution in [-0.4, -0.2) is 32.8 Å². The molecule has 5 heteroatoms. The van der Waals surface area contributed by atoms with E-state index in [1.807, 2.05) is 32.0 Å². The molecule has 0 aliphatic heterocycles. The van der Waals surface area contributed by atoms with Gasteiger partial charge in [-0.15, -0.1) is 0 Å².